The van der Waals surface area contributed by atoms with Gasteiger partial charge >= 0.3 is 0 Å². The van der Waals surface area contributed by atoms with Crippen molar-refractivity contribution in [1.29, 1.82) is 0 Å². The molecule has 2 amide bonds. The Labute approximate surface area is 77.1 Å². The molecule has 1 aliphatic rings. The molecule has 0 spiro atoms. The Kier molecular flexibility index (Phi) is 3.32. The van der Waals surface area contributed by atoms with E-state index in [1.807, 2.05) is 0 Å². The Morgan fingerprint density at radius 3 is 3.08 bits per heavy atom. The summed E-state index contributed by atoms with van der Waals surface area (Å²) in [5.41, 5.74) is 0. The lowest BCUT2D eigenvalue weighted by molar-refractivity contribution is -0.125. The molecule has 0 aromatic carbocycles. The highest BCUT2D eigenvalue weighted by molar-refractivity contribution is 5.90. The molecule has 1 fully saturated rings. The maximum absolute atomic E-state index is 11.3. The van der Waals surface area contributed by atoms with E-state index in [4.69, 9.17) is 0 Å². The van der Waals surface area contributed by atoms with E-state index < -0.39 is 0 Å². The van der Waals surface area contributed by atoms with Crippen molar-refractivity contribution >= 4 is 11.8 Å². The molecule has 1 heterocycles. The third-order valence-corrected chi connectivity index (χ3v) is 1.84. The van der Waals surface area contributed by atoms with Crippen molar-refractivity contribution in [3.05, 3.63) is 0 Å². The topological polar surface area (TPSA) is 58.2 Å². The second-order valence-corrected chi connectivity index (χ2v) is 2.80. The molecule has 2 N–H and O–H groups in total. The number of carbonyl (C=O) groups excluding carboxylic acids is 2. The zero-order valence-electron chi connectivity index (χ0n) is 7.52. The molecular weight excluding hydrogens is 168 g/mol. The highest BCUT2D eigenvalue weighted by Crippen LogP contribution is 2.05. The number of hydrogen-bond acceptors (Lipinski definition) is 2. The molecule has 1 unspecified atom stereocenters. The van der Waals surface area contributed by atoms with Crippen LogP contribution in [0.15, 0.2) is 0 Å². The predicted octanol–water partition coefficient (Wildman–Crippen LogP) is -0.595. The Morgan fingerprint density at radius 2 is 2.54 bits per heavy atom. The van der Waals surface area contributed by atoms with Gasteiger partial charge in [0.05, 0.1) is 6.54 Å². The number of nitrogens with one attached hydrogen (secondary N) is 2. The molecule has 0 aromatic rings. The molecule has 0 radical (unpaired) electrons. The van der Waals surface area contributed by atoms with Crippen molar-refractivity contribution in [2.75, 3.05) is 6.54 Å². The van der Waals surface area contributed by atoms with Gasteiger partial charge in [-0.2, -0.15) is 0 Å². The fourth-order valence-electron chi connectivity index (χ4n) is 1.15. The molecule has 1 rings (SSSR count). The van der Waals surface area contributed by atoms with Crippen LogP contribution in [0.2, 0.25) is 0 Å². The minimum absolute atomic E-state index is 0.0540. The monoisotopic (exact) mass is 180 g/mol. The Hall–Kier alpha value is -1.50. The van der Waals surface area contributed by atoms with E-state index in [-0.39, 0.29) is 17.9 Å². The number of hydrogen-bond donors (Lipinski definition) is 2. The van der Waals surface area contributed by atoms with Gasteiger partial charge in [-0.05, 0) is 13.3 Å². The average Bonchev–Trinajstić information content (AvgIpc) is 2.52. The van der Waals surface area contributed by atoms with Gasteiger partial charge in [0.25, 0.3) is 0 Å². The number of carbonyl (C=O) groups is 2. The van der Waals surface area contributed by atoms with Gasteiger partial charge in [0.1, 0.15) is 6.04 Å². The van der Waals surface area contributed by atoms with Crippen LogP contribution in [0, 0.1) is 11.8 Å². The zero-order chi connectivity index (χ0) is 9.68. The highest BCUT2D eigenvalue weighted by Gasteiger charge is 2.26. The second-order valence-electron chi connectivity index (χ2n) is 2.80. The summed E-state index contributed by atoms with van der Waals surface area (Å²) in [4.78, 5) is 22.0. The van der Waals surface area contributed by atoms with Gasteiger partial charge in [-0.15, -0.1) is 5.92 Å². The van der Waals surface area contributed by atoms with Crippen molar-refractivity contribution in [1.82, 2.24) is 10.6 Å². The molecule has 4 heteroatoms. The van der Waals surface area contributed by atoms with Crippen LogP contribution in [-0.2, 0) is 9.59 Å². The predicted molar refractivity (Wildman–Crippen MR) is 47.6 cm³/mol. The van der Waals surface area contributed by atoms with Crippen LogP contribution < -0.4 is 10.6 Å². The normalized spacial score (nSPS) is 20.1. The summed E-state index contributed by atoms with van der Waals surface area (Å²) in [5.74, 6) is 5.19. The van der Waals surface area contributed by atoms with Gasteiger partial charge in [-0.1, -0.05) is 5.92 Å². The maximum atomic E-state index is 11.3. The van der Waals surface area contributed by atoms with Crippen LogP contribution >= 0.6 is 0 Å². The number of rotatable bonds is 2. The van der Waals surface area contributed by atoms with Crippen LogP contribution in [0.3, 0.4) is 0 Å². The summed E-state index contributed by atoms with van der Waals surface area (Å²) < 4.78 is 0. The van der Waals surface area contributed by atoms with Crippen LogP contribution in [-0.4, -0.2) is 24.4 Å². The van der Waals surface area contributed by atoms with E-state index in [2.05, 4.69) is 22.5 Å². The van der Waals surface area contributed by atoms with Crippen LogP contribution in [0.5, 0.6) is 0 Å². The average molecular weight is 180 g/mol. The molecule has 1 atom stereocenters. The van der Waals surface area contributed by atoms with Crippen molar-refractivity contribution < 1.29 is 9.59 Å². The summed E-state index contributed by atoms with van der Waals surface area (Å²) in [6, 6.07) is -0.355. The Bertz CT molecular complexity index is 275. The minimum Gasteiger partial charge on any atom is -0.344 e. The summed E-state index contributed by atoms with van der Waals surface area (Å²) in [5, 5.41) is 5.20. The van der Waals surface area contributed by atoms with Crippen LogP contribution in [0.25, 0.3) is 0 Å². The molecule has 13 heavy (non-hydrogen) atoms. The van der Waals surface area contributed by atoms with Gasteiger partial charge in [-0.3, -0.25) is 9.59 Å². The first-order valence-corrected chi connectivity index (χ1v) is 4.20. The summed E-state index contributed by atoms with van der Waals surface area (Å²) in [7, 11) is 0. The van der Waals surface area contributed by atoms with Crippen molar-refractivity contribution in [3.8, 4) is 11.8 Å². The molecular formula is C9H12N2O2. The van der Waals surface area contributed by atoms with E-state index >= 15 is 0 Å². The summed E-state index contributed by atoms with van der Waals surface area (Å²) >= 11 is 0. The van der Waals surface area contributed by atoms with E-state index in [1.165, 1.54) is 0 Å². The lowest BCUT2D eigenvalue weighted by Gasteiger charge is -2.07. The molecule has 0 bridgehead atoms. The fourth-order valence-corrected chi connectivity index (χ4v) is 1.15. The highest BCUT2D eigenvalue weighted by atomic mass is 16.2. The molecule has 0 aromatic heterocycles. The smallest absolute Gasteiger partial charge is 0.243 e. The first-order valence-electron chi connectivity index (χ1n) is 4.20. The van der Waals surface area contributed by atoms with E-state index in [0.29, 0.717) is 19.4 Å². The third-order valence-electron chi connectivity index (χ3n) is 1.84. The second kappa shape index (κ2) is 4.51. The Balaban J connectivity index is 2.30. The largest absolute Gasteiger partial charge is 0.344 e. The maximum Gasteiger partial charge on any atom is 0.243 e. The minimum atomic E-state index is -0.355. The first-order chi connectivity index (χ1) is 6.24. The van der Waals surface area contributed by atoms with Crippen LogP contribution in [0.4, 0.5) is 0 Å². The molecule has 1 saturated heterocycles. The van der Waals surface area contributed by atoms with E-state index in [1.54, 1.807) is 6.92 Å². The molecule has 70 valence electrons. The van der Waals surface area contributed by atoms with E-state index in [9.17, 15) is 9.59 Å². The Morgan fingerprint density at radius 1 is 1.77 bits per heavy atom. The van der Waals surface area contributed by atoms with Gasteiger partial charge in [0.15, 0.2) is 0 Å². The van der Waals surface area contributed by atoms with Gasteiger partial charge in [0, 0.05) is 6.42 Å². The quantitative estimate of drug-likeness (QED) is 0.558. The first kappa shape index (κ1) is 9.59. The zero-order valence-corrected chi connectivity index (χ0v) is 7.52. The SMILES string of the molecule is CC#CCNC(=O)C1CCC(=O)N1. The molecule has 0 saturated carbocycles. The molecule has 0 aliphatic carbocycles. The molecule has 4 nitrogen and oxygen atoms in total. The molecule has 1 aliphatic heterocycles. The van der Waals surface area contributed by atoms with Crippen molar-refractivity contribution in [2.24, 2.45) is 0 Å². The standard InChI is InChI=1S/C9H12N2O2/c1-2-3-6-10-9(13)7-4-5-8(12)11-7/h7H,4-6H2,1H3,(H,10,13)(H,11,12). The summed E-state index contributed by atoms with van der Waals surface area (Å²) in [6.07, 6.45) is 1.03. The lowest BCUT2D eigenvalue weighted by Crippen LogP contribution is -2.41. The third kappa shape index (κ3) is 2.79. The van der Waals surface area contributed by atoms with Crippen LogP contribution in [0.1, 0.15) is 19.8 Å². The van der Waals surface area contributed by atoms with Gasteiger partial charge < -0.3 is 10.6 Å². The van der Waals surface area contributed by atoms with Gasteiger partial charge in [0.2, 0.25) is 11.8 Å². The van der Waals surface area contributed by atoms with Crippen molar-refractivity contribution in [3.63, 3.8) is 0 Å². The van der Waals surface area contributed by atoms with Crippen molar-refractivity contribution in [2.45, 2.75) is 25.8 Å². The van der Waals surface area contributed by atoms with Gasteiger partial charge in [-0.25, -0.2) is 0 Å². The summed E-state index contributed by atoms with van der Waals surface area (Å²) in [6.45, 7) is 2.06. The fraction of sp³-hybridized carbons (Fsp3) is 0.556. The lowest BCUT2D eigenvalue weighted by atomic mass is 10.2. The number of amides is 2. The van der Waals surface area contributed by atoms with E-state index in [0.717, 1.165) is 0 Å².